The highest BCUT2D eigenvalue weighted by Crippen LogP contribution is 2.26. The maximum atomic E-state index is 10.9. The van der Waals surface area contributed by atoms with Gasteiger partial charge in [-0.2, -0.15) is 0 Å². The van der Waals surface area contributed by atoms with Gasteiger partial charge in [0.05, 0.1) is 0 Å². The number of hydrogen-bond donors (Lipinski definition) is 1. The average Bonchev–Trinajstić information content (AvgIpc) is 2.66. The smallest absolute Gasteiger partial charge is 0.284 e. The molecular weight excluding hydrogens is 317 g/mol. The molecule has 0 saturated carbocycles. The molecule has 2 N–H and O–H groups in total. The van der Waals surface area contributed by atoms with Gasteiger partial charge >= 0.3 is 0 Å². The number of hydrogen-bond acceptors (Lipinski definition) is 2. The van der Waals surface area contributed by atoms with Crippen LogP contribution in [0.4, 0.5) is 0 Å². The second-order valence-electron chi connectivity index (χ2n) is 3.49. The van der Waals surface area contributed by atoms with Crippen LogP contribution in [0.25, 0.3) is 11.3 Å². The Labute approximate surface area is 107 Å². The van der Waals surface area contributed by atoms with Gasteiger partial charge in [-0.3, -0.25) is 4.79 Å². The Hall–Kier alpha value is -1.30. The third kappa shape index (κ3) is 2.11. The van der Waals surface area contributed by atoms with Crippen LogP contribution in [0.15, 0.2) is 34.7 Å². The summed E-state index contributed by atoms with van der Waals surface area (Å²) in [5.41, 5.74) is 7.22. The molecular formula is C12H10INO2. The first-order valence-electron chi connectivity index (χ1n) is 4.74. The Bertz CT molecular complexity index is 546. The summed E-state index contributed by atoms with van der Waals surface area (Å²) in [6.45, 7) is 2.00. The molecule has 2 aromatic rings. The largest absolute Gasteiger partial charge is 0.451 e. The molecule has 16 heavy (non-hydrogen) atoms. The molecule has 0 aliphatic heterocycles. The molecule has 3 nitrogen and oxygen atoms in total. The van der Waals surface area contributed by atoms with Crippen molar-refractivity contribution >= 4 is 28.5 Å². The molecule has 4 heteroatoms. The molecule has 1 amide bonds. The topological polar surface area (TPSA) is 56.2 Å². The van der Waals surface area contributed by atoms with Gasteiger partial charge in [0.25, 0.3) is 5.91 Å². The van der Waals surface area contributed by atoms with E-state index in [2.05, 4.69) is 28.7 Å². The van der Waals surface area contributed by atoms with Crippen LogP contribution < -0.4 is 5.73 Å². The van der Waals surface area contributed by atoms with Crippen LogP contribution >= 0.6 is 22.6 Å². The second kappa shape index (κ2) is 4.29. The van der Waals surface area contributed by atoms with E-state index in [4.69, 9.17) is 10.2 Å². The number of primary amides is 1. The maximum Gasteiger partial charge on any atom is 0.284 e. The lowest BCUT2D eigenvalue weighted by molar-refractivity contribution is 0.0974. The maximum absolute atomic E-state index is 10.9. The molecule has 82 valence electrons. The first kappa shape index (κ1) is 11.2. The van der Waals surface area contributed by atoms with E-state index >= 15 is 0 Å². The number of aryl methyl sites for hydroxylation is 1. The Morgan fingerprint density at radius 1 is 1.31 bits per heavy atom. The summed E-state index contributed by atoms with van der Waals surface area (Å²) in [6, 6.07) is 9.38. The molecule has 2 rings (SSSR count). The second-order valence-corrected chi connectivity index (χ2v) is 4.73. The monoisotopic (exact) mass is 327 g/mol. The molecule has 0 atom stereocenters. The lowest BCUT2D eigenvalue weighted by Crippen LogP contribution is -2.09. The number of carbonyl (C=O) groups is 1. The quantitative estimate of drug-likeness (QED) is 0.862. The highest BCUT2D eigenvalue weighted by atomic mass is 127. The van der Waals surface area contributed by atoms with E-state index in [1.165, 1.54) is 3.57 Å². The molecule has 0 aliphatic carbocycles. The third-order valence-corrected chi connectivity index (χ3v) is 2.97. The standard InChI is InChI=1S/C12H10INO2/c1-7-6-8(13)2-3-9(7)10-4-5-11(16-10)12(14)15/h2-6H,1H3,(H2,14,15). The Balaban J connectivity index is 2.46. The number of benzene rings is 1. The molecule has 1 aromatic carbocycles. The summed E-state index contributed by atoms with van der Waals surface area (Å²) in [5.74, 6) is 0.310. The Morgan fingerprint density at radius 2 is 2.06 bits per heavy atom. The summed E-state index contributed by atoms with van der Waals surface area (Å²) in [4.78, 5) is 10.9. The zero-order chi connectivity index (χ0) is 11.7. The number of nitrogens with two attached hydrogens (primary N) is 1. The highest BCUT2D eigenvalue weighted by molar-refractivity contribution is 14.1. The van der Waals surface area contributed by atoms with Crippen LogP contribution in [0, 0.1) is 10.5 Å². The van der Waals surface area contributed by atoms with Crippen molar-refractivity contribution in [2.75, 3.05) is 0 Å². The summed E-state index contributed by atoms with van der Waals surface area (Å²) < 4.78 is 6.54. The fourth-order valence-electron chi connectivity index (χ4n) is 1.52. The number of furan rings is 1. The summed E-state index contributed by atoms with van der Waals surface area (Å²) >= 11 is 2.25. The minimum atomic E-state index is -0.547. The van der Waals surface area contributed by atoms with Gasteiger partial charge in [0.2, 0.25) is 0 Å². The van der Waals surface area contributed by atoms with Crippen molar-refractivity contribution in [1.82, 2.24) is 0 Å². The van der Waals surface area contributed by atoms with Gasteiger partial charge in [-0.05, 0) is 65.4 Å². The highest BCUT2D eigenvalue weighted by Gasteiger charge is 2.10. The van der Waals surface area contributed by atoms with Crippen molar-refractivity contribution in [2.45, 2.75) is 6.92 Å². The molecule has 0 unspecified atom stereocenters. The molecule has 1 heterocycles. The van der Waals surface area contributed by atoms with E-state index < -0.39 is 5.91 Å². The normalized spacial score (nSPS) is 10.4. The van der Waals surface area contributed by atoms with Crippen molar-refractivity contribution < 1.29 is 9.21 Å². The van der Waals surface area contributed by atoms with E-state index in [0.717, 1.165) is 11.1 Å². The number of carbonyl (C=O) groups excluding carboxylic acids is 1. The summed E-state index contributed by atoms with van der Waals surface area (Å²) in [6.07, 6.45) is 0. The van der Waals surface area contributed by atoms with Gasteiger partial charge < -0.3 is 10.2 Å². The van der Waals surface area contributed by atoms with E-state index in [-0.39, 0.29) is 5.76 Å². The van der Waals surface area contributed by atoms with Crippen molar-refractivity contribution in [1.29, 1.82) is 0 Å². The van der Waals surface area contributed by atoms with Crippen molar-refractivity contribution in [3.63, 3.8) is 0 Å². The minimum absolute atomic E-state index is 0.188. The summed E-state index contributed by atoms with van der Waals surface area (Å²) in [5, 5.41) is 0. The zero-order valence-corrected chi connectivity index (χ0v) is 10.8. The minimum Gasteiger partial charge on any atom is -0.451 e. The fourth-order valence-corrected chi connectivity index (χ4v) is 2.17. The van der Waals surface area contributed by atoms with E-state index in [9.17, 15) is 4.79 Å². The van der Waals surface area contributed by atoms with Crippen LogP contribution in [0.3, 0.4) is 0 Å². The molecule has 0 radical (unpaired) electrons. The zero-order valence-electron chi connectivity index (χ0n) is 8.66. The van der Waals surface area contributed by atoms with Crippen LogP contribution in [-0.4, -0.2) is 5.91 Å². The molecule has 0 fully saturated rings. The van der Waals surface area contributed by atoms with E-state index in [1.807, 2.05) is 19.1 Å². The lowest BCUT2D eigenvalue weighted by Gasteiger charge is -2.02. The van der Waals surface area contributed by atoms with Crippen molar-refractivity contribution in [3.8, 4) is 11.3 Å². The first-order chi connectivity index (χ1) is 7.58. The van der Waals surface area contributed by atoms with E-state index in [0.29, 0.717) is 5.76 Å². The molecule has 0 saturated heterocycles. The molecule has 1 aromatic heterocycles. The van der Waals surface area contributed by atoms with E-state index in [1.54, 1.807) is 12.1 Å². The summed E-state index contributed by atoms with van der Waals surface area (Å²) in [7, 11) is 0. The van der Waals surface area contributed by atoms with Crippen LogP contribution in [0.1, 0.15) is 16.1 Å². The fraction of sp³-hybridized carbons (Fsp3) is 0.0833. The third-order valence-electron chi connectivity index (χ3n) is 2.30. The van der Waals surface area contributed by atoms with Crippen molar-refractivity contribution in [2.24, 2.45) is 5.73 Å². The van der Waals surface area contributed by atoms with Crippen LogP contribution in [0.2, 0.25) is 0 Å². The SMILES string of the molecule is Cc1cc(I)ccc1-c1ccc(C(N)=O)o1. The van der Waals surface area contributed by atoms with Crippen molar-refractivity contribution in [3.05, 3.63) is 45.2 Å². The Kier molecular flexibility index (Phi) is 3.00. The molecule has 0 aliphatic rings. The number of halogens is 1. The first-order valence-corrected chi connectivity index (χ1v) is 5.82. The molecule has 0 bridgehead atoms. The van der Waals surface area contributed by atoms with Gasteiger partial charge in [-0.25, -0.2) is 0 Å². The molecule has 0 spiro atoms. The predicted molar refractivity (Wildman–Crippen MR) is 70.1 cm³/mol. The average molecular weight is 327 g/mol. The lowest BCUT2D eigenvalue weighted by atomic mass is 10.1. The number of rotatable bonds is 2. The van der Waals surface area contributed by atoms with Gasteiger partial charge in [0, 0.05) is 9.13 Å². The van der Waals surface area contributed by atoms with Gasteiger partial charge in [-0.1, -0.05) is 0 Å². The number of amides is 1. The van der Waals surface area contributed by atoms with Crippen LogP contribution in [-0.2, 0) is 0 Å². The predicted octanol–water partition coefficient (Wildman–Crippen LogP) is 2.96. The Morgan fingerprint density at radius 3 is 2.62 bits per heavy atom. The van der Waals surface area contributed by atoms with Gasteiger partial charge in [0.1, 0.15) is 5.76 Å². The van der Waals surface area contributed by atoms with Crippen LogP contribution in [0.5, 0.6) is 0 Å². The van der Waals surface area contributed by atoms with Gasteiger partial charge in [-0.15, -0.1) is 0 Å². The van der Waals surface area contributed by atoms with Gasteiger partial charge in [0.15, 0.2) is 5.76 Å².